The predicted molar refractivity (Wildman–Crippen MR) is 117 cm³/mol. The van der Waals surface area contributed by atoms with Crippen LogP contribution in [0.1, 0.15) is 31.7 Å². The zero-order chi connectivity index (χ0) is 21.5. The minimum atomic E-state index is -0.102. The second-order valence-electron chi connectivity index (χ2n) is 7.48. The largest absolute Gasteiger partial charge is 0.493 e. The topological polar surface area (TPSA) is 59.1 Å². The third kappa shape index (κ3) is 5.53. The van der Waals surface area contributed by atoms with Crippen molar-refractivity contribution in [3.05, 3.63) is 54.1 Å². The van der Waals surface area contributed by atoms with Gasteiger partial charge in [0.1, 0.15) is 0 Å². The molecule has 0 saturated heterocycles. The molecule has 6 heteroatoms. The van der Waals surface area contributed by atoms with Gasteiger partial charge in [0.15, 0.2) is 18.1 Å². The Morgan fingerprint density at radius 2 is 1.77 bits per heavy atom. The lowest BCUT2D eigenvalue weighted by atomic mass is 10.2. The van der Waals surface area contributed by atoms with E-state index in [0.717, 1.165) is 24.1 Å². The van der Waals surface area contributed by atoms with E-state index in [-0.39, 0.29) is 24.5 Å². The van der Waals surface area contributed by atoms with E-state index in [1.54, 1.807) is 29.0 Å². The fourth-order valence-corrected chi connectivity index (χ4v) is 3.51. The first-order valence-electron chi connectivity index (χ1n) is 10.5. The number of hydrogen-bond donors (Lipinski definition) is 0. The Balaban J connectivity index is 1.58. The lowest BCUT2D eigenvalue weighted by Gasteiger charge is -2.25. The average Bonchev–Trinajstić information content (AvgIpc) is 3.58. The van der Waals surface area contributed by atoms with Crippen LogP contribution in [0.4, 0.5) is 5.69 Å². The number of carbonyl (C=O) groups is 2. The molecule has 2 aromatic carbocycles. The summed E-state index contributed by atoms with van der Waals surface area (Å²) in [7, 11) is 1.57. The Morgan fingerprint density at radius 1 is 1.03 bits per heavy atom. The summed E-state index contributed by atoms with van der Waals surface area (Å²) in [6.07, 6.45) is 2.24. The standard InChI is InChI=1S/C24H30N2O4/c1-4-25(20-9-7-8-18(2)16-20)23(27)14-15-26(19-12-13-19)24(28)17-30-22-11-6-5-10-21(22)29-3/h5-11,16,19H,4,12-15,17H2,1-3H3. The smallest absolute Gasteiger partial charge is 0.260 e. The third-order valence-electron chi connectivity index (χ3n) is 5.23. The Bertz CT molecular complexity index is 879. The van der Waals surface area contributed by atoms with Crippen molar-refractivity contribution in [2.75, 3.05) is 31.7 Å². The molecule has 1 saturated carbocycles. The first-order valence-corrected chi connectivity index (χ1v) is 10.5. The van der Waals surface area contributed by atoms with Gasteiger partial charge in [0.2, 0.25) is 5.91 Å². The van der Waals surface area contributed by atoms with Crippen molar-refractivity contribution in [2.24, 2.45) is 0 Å². The number of carbonyl (C=O) groups excluding carboxylic acids is 2. The number of rotatable bonds is 10. The van der Waals surface area contributed by atoms with E-state index < -0.39 is 0 Å². The summed E-state index contributed by atoms with van der Waals surface area (Å²) in [5.74, 6) is 1.05. The monoisotopic (exact) mass is 410 g/mol. The highest BCUT2D eigenvalue weighted by Crippen LogP contribution is 2.29. The van der Waals surface area contributed by atoms with E-state index in [4.69, 9.17) is 9.47 Å². The number of anilines is 1. The number of amides is 2. The highest BCUT2D eigenvalue weighted by atomic mass is 16.5. The molecule has 0 N–H and O–H groups in total. The van der Waals surface area contributed by atoms with E-state index in [1.165, 1.54) is 0 Å². The van der Waals surface area contributed by atoms with Crippen molar-refractivity contribution < 1.29 is 19.1 Å². The molecule has 0 unspecified atom stereocenters. The molecule has 1 fully saturated rings. The van der Waals surface area contributed by atoms with Crippen molar-refractivity contribution in [1.82, 2.24) is 4.90 Å². The van der Waals surface area contributed by atoms with E-state index >= 15 is 0 Å². The van der Waals surface area contributed by atoms with Crippen LogP contribution in [-0.2, 0) is 9.59 Å². The van der Waals surface area contributed by atoms with Gasteiger partial charge in [-0.1, -0.05) is 24.3 Å². The summed E-state index contributed by atoms with van der Waals surface area (Å²) in [6, 6.07) is 15.4. The van der Waals surface area contributed by atoms with Crippen LogP contribution in [-0.4, -0.2) is 49.6 Å². The minimum Gasteiger partial charge on any atom is -0.493 e. The lowest BCUT2D eigenvalue weighted by molar-refractivity contribution is -0.134. The number of benzene rings is 2. The first kappa shape index (κ1) is 21.7. The molecule has 0 spiro atoms. The zero-order valence-electron chi connectivity index (χ0n) is 18.0. The summed E-state index contributed by atoms with van der Waals surface area (Å²) < 4.78 is 11.0. The number of nitrogens with zero attached hydrogens (tertiary/aromatic N) is 2. The summed E-state index contributed by atoms with van der Waals surface area (Å²) in [6.45, 7) is 4.90. The molecule has 2 amide bonds. The molecule has 0 heterocycles. The molecule has 1 aliphatic rings. The van der Waals surface area contributed by atoms with Crippen LogP contribution in [0.25, 0.3) is 0 Å². The fourth-order valence-electron chi connectivity index (χ4n) is 3.51. The van der Waals surface area contributed by atoms with Gasteiger partial charge in [0.05, 0.1) is 7.11 Å². The Labute approximate surface area is 178 Å². The molecule has 0 bridgehead atoms. The molecular formula is C24H30N2O4. The van der Waals surface area contributed by atoms with Crippen molar-refractivity contribution in [2.45, 2.75) is 39.2 Å². The lowest BCUT2D eigenvalue weighted by Crippen LogP contribution is -2.40. The molecule has 160 valence electrons. The molecule has 6 nitrogen and oxygen atoms in total. The maximum atomic E-state index is 12.9. The number of ether oxygens (including phenoxy) is 2. The second kappa shape index (κ2) is 10.1. The molecule has 0 aromatic heterocycles. The van der Waals surface area contributed by atoms with Gasteiger partial charge in [-0.3, -0.25) is 9.59 Å². The fraction of sp³-hybridized carbons (Fsp3) is 0.417. The van der Waals surface area contributed by atoms with E-state index in [0.29, 0.717) is 31.0 Å². The summed E-state index contributed by atoms with van der Waals surface area (Å²) in [5, 5.41) is 0. The summed E-state index contributed by atoms with van der Waals surface area (Å²) >= 11 is 0. The van der Waals surface area contributed by atoms with Crippen LogP contribution in [0.15, 0.2) is 48.5 Å². The second-order valence-corrected chi connectivity index (χ2v) is 7.48. The maximum absolute atomic E-state index is 12.9. The number of aryl methyl sites for hydroxylation is 1. The number of para-hydroxylation sites is 2. The van der Waals surface area contributed by atoms with Gasteiger partial charge in [0, 0.05) is 31.2 Å². The molecule has 30 heavy (non-hydrogen) atoms. The average molecular weight is 411 g/mol. The summed E-state index contributed by atoms with van der Waals surface area (Å²) in [5.41, 5.74) is 2.01. The molecule has 0 atom stereocenters. The van der Waals surface area contributed by atoms with Gasteiger partial charge in [-0.15, -0.1) is 0 Å². The number of methoxy groups -OCH3 is 1. The van der Waals surface area contributed by atoms with Crippen LogP contribution in [0.3, 0.4) is 0 Å². The zero-order valence-corrected chi connectivity index (χ0v) is 18.0. The normalized spacial score (nSPS) is 12.9. The van der Waals surface area contributed by atoms with Crippen LogP contribution in [0.5, 0.6) is 11.5 Å². The SMILES string of the molecule is CCN(C(=O)CCN(C(=O)COc1ccccc1OC)C1CC1)c1cccc(C)c1. The highest BCUT2D eigenvalue weighted by molar-refractivity contribution is 5.93. The van der Waals surface area contributed by atoms with Gasteiger partial charge in [0.25, 0.3) is 5.91 Å². The van der Waals surface area contributed by atoms with Crippen LogP contribution < -0.4 is 14.4 Å². The van der Waals surface area contributed by atoms with Gasteiger partial charge >= 0.3 is 0 Å². The molecular weight excluding hydrogens is 380 g/mol. The highest BCUT2D eigenvalue weighted by Gasteiger charge is 2.33. The molecule has 1 aliphatic carbocycles. The van der Waals surface area contributed by atoms with Gasteiger partial charge in [-0.2, -0.15) is 0 Å². The quantitative estimate of drug-likeness (QED) is 0.598. The van der Waals surface area contributed by atoms with Crippen LogP contribution in [0, 0.1) is 6.92 Å². The molecule has 2 aromatic rings. The minimum absolute atomic E-state index is 0.0206. The Kier molecular flexibility index (Phi) is 7.33. The predicted octanol–water partition coefficient (Wildman–Crippen LogP) is 3.82. The van der Waals surface area contributed by atoms with Crippen molar-refractivity contribution >= 4 is 17.5 Å². The Morgan fingerprint density at radius 3 is 2.40 bits per heavy atom. The first-order chi connectivity index (χ1) is 14.5. The van der Waals surface area contributed by atoms with Crippen LogP contribution in [0.2, 0.25) is 0 Å². The van der Waals surface area contributed by atoms with Gasteiger partial charge in [-0.05, 0) is 56.5 Å². The van der Waals surface area contributed by atoms with E-state index in [1.807, 2.05) is 50.2 Å². The maximum Gasteiger partial charge on any atom is 0.260 e. The molecule has 0 radical (unpaired) electrons. The molecule has 0 aliphatic heterocycles. The van der Waals surface area contributed by atoms with Gasteiger partial charge in [-0.25, -0.2) is 0 Å². The molecule has 3 rings (SSSR count). The van der Waals surface area contributed by atoms with Gasteiger partial charge < -0.3 is 19.3 Å². The van der Waals surface area contributed by atoms with E-state index in [2.05, 4.69) is 0 Å². The van der Waals surface area contributed by atoms with Crippen LogP contribution >= 0.6 is 0 Å². The number of hydrogen-bond acceptors (Lipinski definition) is 4. The summed E-state index contributed by atoms with van der Waals surface area (Å²) in [4.78, 5) is 29.2. The van der Waals surface area contributed by atoms with Crippen molar-refractivity contribution in [1.29, 1.82) is 0 Å². The third-order valence-corrected chi connectivity index (χ3v) is 5.23. The van der Waals surface area contributed by atoms with Crippen molar-refractivity contribution in [3.8, 4) is 11.5 Å². The van der Waals surface area contributed by atoms with Crippen molar-refractivity contribution in [3.63, 3.8) is 0 Å². The van der Waals surface area contributed by atoms with E-state index in [9.17, 15) is 9.59 Å². The Hall–Kier alpha value is -3.02.